The number of nitrogens with one attached hydrogen (secondary N) is 2. The fourth-order valence-corrected chi connectivity index (χ4v) is 4.55. The van der Waals surface area contributed by atoms with Crippen LogP contribution in [0.2, 0.25) is 0 Å². The molecule has 2 N–H and O–H groups in total. The second-order valence-corrected chi connectivity index (χ2v) is 8.74. The van der Waals surface area contributed by atoms with Gasteiger partial charge in [0.05, 0.1) is 12.1 Å². The summed E-state index contributed by atoms with van der Waals surface area (Å²) in [5.74, 6) is -0.703. The lowest BCUT2D eigenvalue weighted by atomic mass is 9.64. The number of benzene rings is 1. The number of nitrogens with zero attached hydrogens (tertiary/aromatic N) is 2. The van der Waals surface area contributed by atoms with Crippen molar-refractivity contribution in [3.8, 4) is 12.1 Å². The van der Waals surface area contributed by atoms with Crippen LogP contribution in [0.4, 0.5) is 4.39 Å². The highest BCUT2D eigenvalue weighted by Gasteiger charge is 2.60. The van der Waals surface area contributed by atoms with Crippen molar-refractivity contribution in [1.29, 1.82) is 10.5 Å². The van der Waals surface area contributed by atoms with Crippen LogP contribution in [0.3, 0.4) is 0 Å². The number of amides is 1. The Morgan fingerprint density at radius 2 is 2.09 bits per heavy atom. The first kappa shape index (κ1) is 22.2. The van der Waals surface area contributed by atoms with Crippen LogP contribution >= 0.6 is 0 Å². The summed E-state index contributed by atoms with van der Waals surface area (Å²) in [5, 5.41) is 25.7. The fraction of sp³-hybridized carbons (Fsp3) is 0.480. The predicted molar refractivity (Wildman–Crippen MR) is 118 cm³/mol. The Balaban J connectivity index is 1.57. The third-order valence-corrected chi connectivity index (χ3v) is 6.51. The van der Waals surface area contributed by atoms with Gasteiger partial charge >= 0.3 is 0 Å². The van der Waals surface area contributed by atoms with E-state index in [2.05, 4.69) is 22.8 Å². The molecule has 1 heterocycles. The molecule has 3 aliphatic rings. The van der Waals surface area contributed by atoms with Gasteiger partial charge in [-0.3, -0.25) is 4.79 Å². The molecule has 6 nitrogen and oxygen atoms in total. The van der Waals surface area contributed by atoms with Crippen LogP contribution in [0.5, 0.6) is 0 Å². The molecule has 0 aromatic heterocycles. The summed E-state index contributed by atoms with van der Waals surface area (Å²) in [4.78, 5) is 12.7. The standard InChI is InChI=1S/C25H27FN4O2/c26-25(20-7-8-20)13-19(18-5-2-1-3-6-18)9-10-24(25,17-28)14-21(15-27)30-23(31)22-16-29-11-4-12-32-22/h1-3,5-6,9-10,13,20-22,29H,4,7-8,11-12,14,16H2,(H,30,31)/t21-,22?,24?,25?/m0/s1. The third kappa shape index (κ3) is 4.32. The van der Waals surface area contributed by atoms with E-state index in [-0.39, 0.29) is 12.3 Å². The topological polar surface area (TPSA) is 97.9 Å². The fourth-order valence-electron chi connectivity index (χ4n) is 4.55. The summed E-state index contributed by atoms with van der Waals surface area (Å²) >= 11 is 0. The quantitative estimate of drug-likeness (QED) is 0.717. The second-order valence-electron chi connectivity index (χ2n) is 8.74. The number of ether oxygens (including phenoxy) is 1. The van der Waals surface area contributed by atoms with Gasteiger partial charge in [-0.15, -0.1) is 0 Å². The number of alkyl halides is 1. The average molecular weight is 435 g/mol. The molecule has 0 bridgehead atoms. The maximum absolute atomic E-state index is 16.6. The highest BCUT2D eigenvalue weighted by molar-refractivity contribution is 5.82. The van der Waals surface area contributed by atoms with Crippen molar-refractivity contribution in [3.05, 3.63) is 54.1 Å². The Bertz CT molecular complexity index is 983. The summed E-state index contributed by atoms with van der Waals surface area (Å²) in [6.45, 7) is 1.57. The van der Waals surface area contributed by atoms with Crippen molar-refractivity contribution in [2.75, 3.05) is 19.7 Å². The van der Waals surface area contributed by atoms with Crippen molar-refractivity contribution in [3.63, 3.8) is 0 Å². The van der Waals surface area contributed by atoms with E-state index in [0.29, 0.717) is 26.0 Å². The highest BCUT2D eigenvalue weighted by atomic mass is 19.1. The molecule has 1 amide bonds. The molecule has 2 aliphatic carbocycles. The Morgan fingerprint density at radius 1 is 1.31 bits per heavy atom. The maximum Gasteiger partial charge on any atom is 0.251 e. The highest BCUT2D eigenvalue weighted by Crippen LogP contribution is 2.57. The normalized spacial score (nSPS) is 30.8. The average Bonchev–Trinajstić information content (AvgIpc) is 3.68. The van der Waals surface area contributed by atoms with Crippen molar-refractivity contribution in [2.24, 2.45) is 11.3 Å². The van der Waals surface area contributed by atoms with Crippen molar-refractivity contribution < 1.29 is 13.9 Å². The van der Waals surface area contributed by atoms with E-state index < -0.39 is 29.1 Å². The van der Waals surface area contributed by atoms with Crippen molar-refractivity contribution >= 4 is 11.5 Å². The van der Waals surface area contributed by atoms with Gasteiger partial charge in [0.1, 0.15) is 17.6 Å². The van der Waals surface area contributed by atoms with Crippen LogP contribution in [0.25, 0.3) is 5.57 Å². The van der Waals surface area contributed by atoms with Crippen LogP contribution in [0.1, 0.15) is 31.2 Å². The molecule has 166 valence electrons. The van der Waals surface area contributed by atoms with Crippen LogP contribution in [-0.4, -0.2) is 43.4 Å². The number of carbonyl (C=O) groups is 1. The molecule has 7 heteroatoms. The van der Waals surface area contributed by atoms with Gasteiger partial charge in [-0.25, -0.2) is 4.39 Å². The lowest BCUT2D eigenvalue weighted by Gasteiger charge is -2.41. The first-order valence-corrected chi connectivity index (χ1v) is 11.1. The van der Waals surface area contributed by atoms with Gasteiger partial charge in [0.25, 0.3) is 5.91 Å². The van der Waals surface area contributed by atoms with Gasteiger partial charge in [-0.1, -0.05) is 42.5 Å². The number of rotatable bonds is 6. The largest absolute Gasteiger partial charge is 0.367 e. The van der Waals surface area contributed by atoms with Crippen LogP contribution < -0.4 is 10.6 Å². The molecular weight excluding hydrogens is 407 g/mol. The molecule has 32 heavy (non-hydrogen) atoms. The number of halogens is 1. The number of nitriles is 2. The summed E-state index contributed by atoms with van der Waals surface area (Å²) in [6.07, 6.45) is 6.24. The molecule has 1 aromatic rings. The number of carbonyl (C=O) groups excluding carboxylic acids is 1. The second kappa shape index (κ2) is 9.24. The van der Waals surface area contributed by atoms with Crippen LogP contribution in [0.15, 0.2) is 48.6 Å². The molecule has 1 aliphatic heterocycles. The van der Waals surface area contributed by atoms with Crippen molar-refractivity contribution in [2.45, 2.75) is 43.5 Å². The van der Waals surface area contributed by atoms with Gasteiger partial charge in [-0.2, -0.15) is 10.5 Å². The van der Waals surface area contributed by atoms with Gasteiger partial charge in [0, 0.05) is 19.6 Å². The lowest BCUT2D eigenvalue weighted by molar-refractivity contribution is -0.132. The number of allylic oxidation sites excluding steroid dienone is 4. The smallest absolute Gasteiger partial charge is 0.251 e. The molecule has 0 radical (unpaired) electrons. The minimum Gasteiger partial charge on any atom is -0.367 e. The summed E-state index contributed by atoms with van der Waals surface area (Å²) in [7, 11) is 0. The molecule has 1 saturated heterocycles. The Kier molecular flexibility index (Phi) is 6.41. The van der Waals surface area contributed by atoms with E-state index in [1.807, 2.05) is 30.3 Å². The van der Waals surface area contributed by atoms with Gasteiger partial charge < -0.3 is 15.4 Å². The molecule has 2 fully saturated rings. The van der Waals surface area contributed by atoms with Crippen LogP contribution in [-0.2, 0) is 9.53 Å². The van der Waals surface area contributed by atoms with Gasteiger partial charge in [0.2, 0.25) is 0 Å². The first-order valence-electron chi connectivity index (χ1n) is 11.1. The monoisotopic (exact) mass is 434 g/mol. The first-order chi connectivity index (χ1) is 15.5. The molecule has 1 saturated carbocycles. The molecular formula is C25H27FN4O2. The van der Waals surface area contributed by atoms with Crippen molar-refractivity contribution in [1.82, 2.24) is 10.6 Å². The lowest BCUT2D eigenvalue weighted by Crippen LogP contribution is -2.51. The van der Waals surface area contributed by atoms with E-state index in [1.54, 1.807) is 18.2 Å². The Labute approximate surface area is 187 Å². The van der Waals surface area contributed by atoms with Gasteiger partial charge in [-0.05, 0) is 48.9 Å². The summed E-state index contributed by atoms with van der Waals surface area (Å²) in [6, 6.07) is 12.7. The van der Waals surface area contributed by atoms with E-state index in [9.17, 15) is 15.3 Å². The Morgan fingerprint density at radius 3 is 2.78 bits per heavy atom. The summed E-state index contributed by atoms with van der Waals surface area (Å²) < 4.78 is 22.2. The van der Waals surface area contributed by atoms with E-state index in [1.165, 1.54) is 0 Å². The molecule has 4 rings (SSSR count). The van der Waals surface area contributed by atoms with E-state index >= 15 is 4.39 Å². The van der Waals surface area contributed by atoms with E-state index in [0.717, 1.165) is 24.1 Å². The zero-order chi connectivity index (χ0) is 22.6. The summed E-state index contributed by atoms with van der Waals surface area (Å²) in [5.41, 5.74) is -1.85. The molecule has 3 unspecified atom stereocenters. The molecule has 0 spiro atoms. The van der Waals surface area contributed by atoms with E-state index in [4.69, 9.17) is 4.74 Å². The van der Waals surface area contributed by atoms with Crippen LogP contribution in [0, 0.1) is 34.0 Å². The number of hydrogen-bond donors (Lipinski definition) is 2. The zero-order valence-electron chi connectivity index (χ0n) is 17.9. The SMILES string of the molecule is N#C[C@H](CC1(C#N)C=CC(c2ccccc2)=CC1(F)C1CC1)NC(=O)C1CNCCCO1. The maximum atomic E-state index is 16.6. The predicted octanol–water partition coefficient (Wildman–Crippen LogP) is 3.05. The Hall–Kier alpha value is -3.00. The van der Waals surface area contributed by atoms with Gasteiger partial charge in [0.15, 0.2) is 5.67 Å². The number of hydrogen-bond acceptors (Lipinski definition) is 5. The molecule has 1 aromatic carbocycles. The molecule has 4 atom stereocenters. The zero-order valence-corrected chi connectivity index (χ0v) is 17.9. The minimum atomic E-state index is -1.91. The minimum absolute atomic E-state index is 0.131. The third-order valence-electron chi connectivity index (χ3n) is 6.51.